The Morgan fingerprint density at radius 2 is 2.21 bits per heavy atom. The molecule has 4 heteroatoms. The van der Waals surface area contributed by atoms with Crippen LogP contribution in [0.3, 0.4) is 0 Å². The molecule has 0 aliphatic rings. The summed E-state index contributed by atoms with van der Waals surface area (Å²) in [5.74, 6) is 0.991. The van der Waals surface area contributed by atoms with Crippen LogP contribution in [0.4, 0.5) is 0 Å². The third kappa shape index (κ3) is 2.34. The zero-order valence-electron chi connectivity index (χ0n) is 9.24. The Morgan fingerprint density at radius 3 is 2.64 bits per heavy atom. The fourth-order valence-electron chi connectivity index (χ4n) is 1.19. The number of hydrogen-bond acceptors (Lipinski definition) is 2. The van der Waals surface area contributed by atoms with Gasteiger partial charge in [-0.2, -0.15) is 0 Å². The molecule has 4 nitrogen and oxygen atoms in total. The van der Waals surface area contributed by atoms with E-state index in [1.54, 1.807) is 19.0 Å². The third-order valence-corrected chi connectivity index (χ3v) is 2.19. The smallest absolute Gasteiger partial charge is 0.242 e. The normalized spacial score (nSPS) is 10.3. The molecule has 0 saturated carbocycles. The van der Waals surface area contributed by atoms with Gasteiger partial charge in [-0.3, -0.25) is 4.79 Å². The van der Waals surface area contributed by atoms with Crippen LogP contribution in [-0.4, -0.2) is 34.5 Å². The summed E-state index contributed by atoms with van der Waals surface area (Å²) in [5.41, 5.74) is 1.04. The van der Waals surface area contributed by atoms with E-state index in [0.29, 0.717) is 6.54 Å². The van der Waals surface area contributed by atoms with Crippen LogP contribution >= 0.6 is 0 Å². The molecule has 0 fully saturated rings. The van der Waals surface area contributed by atoms with Gasteiger partial charge in [-0.1, -0.05) is 6.92 Å². The molecule has 0 atom stereocenters. The lowest BCUT2D eigenvalue weighted by atomic mass is 10.4. The minimum absolute atomic E-state index is 0.0909. The van der Waals surface area contributed by atoms with Gasteiger partial charge in [0.25, 0.3) is 0 Å². The molecule has 0 saturated heterocycles. The summed E-state index contributed by atoms with van der Waals surface area (Å²) in [6.45, 7) is 4.35. The topological polar surface area (TPSA) is 38.1 Å². The molecule has 78 valence electrons. The van der Waals surface area contributed by atoms with E-state index in [4.69, 9.17) is 0 Å². The fourth-order valence-corrected chi connectivity index (χ4v) is 1.19. The quantitative estimate of drug-likeness (QED) is 0.717. The SMILES string of the molecule is CCc1cn(CC(=O)N(C)C)c(C)n1. The van der Waals surface area contributed by atoms with Gasteiger partial charge in [0.1, 0.15) is 12.4 Å². The number of rotatable bonds is 3. The van der Waals surface area contributed by atoms with Gasteiger partial charge in [0.15, 0.2) is 0 Å². The molecule has 1 heterocycles. The Bertz CT molecular complexity index is 328. The van der Waals surface area contributed by atoms with E-state index in [9.17, 15) is 4.79 Å². The first kappa shape index (κ1) is 10.8. The first-order valence-electron chi connectivity index (χ1n) is 4.77. The lowest BCUT2D eigenvalue weighted by molar-refractivity contribution is -0.129. The van der Waals surface area contributed by atoms with Crippen LogP contribution in [0.25, 0.3) is 0 Å². The predicted octanol–water partition coefficient (Wildman–Crippen LogP) is 0.842. The van der Waals surface area contributed by atoms with Crippen molar-refractivity contribution in [1.29, 1.82) is 0 Å². The van der Waals surface area contributed by atoms with E-state index >= 15 is 0 Å². The second-order valence-electron chi connectivity index (χ2n) is 3.55. The largest absolute Gasteiger partial charge is 0.347 e. The van der Waals surface area contributed by atoms with Crippen molar-refractivity contribution in [1.82, 2.24) is 14.5 Å². The summed E-state index contributed by atoms with van der Waals surface area (Å²) >= 11 is 0. The molecule has 0 N–H and O–H groups in total. The van der Waals surface area contributed by atoms with Crippen molar-refractivity contribution in [2.45, 2.75) is 26.8 Å². The molecular formula is C10H17N3O. The van der Waals surface area contributed by atoms with Gasteiger partial charge in [-0.25, -0.2) is 4.98 Å². The Balaban J connectivity index is 2.76. The van der Waals surface area contributed by atoms with Gasteiger partial charge in [0.2, 0.25) is 5.91 Å². The van der Waals surface area contributed by atoms with E-state index < -0.39 is 0 Å². The molecule has 0 aromatic carbocycles. The van der Waals surface area contributed by atoms with Crippen molar-refractivity contribution in [3.05, 3.63) is 17.7 Å². The fraction of sp³-hybridized carbons (Fsp3) is 0.600. The number of aromatic nitrogens is 2. The Labute approximate surface area is 84.5 Å². The molecule has 1 aromatic rings. The Morgan fingerprint density at radius 1 is 1.57 bits per heavy atom. The van der Waals surface area contributed by atoms with Crippen molar-refractivity contribution >= 4 is 5.91 Å². The number of nitrogens with zero attached hydrogens (tertiary/aromatic N) is 3. The number of hydrogen-bond donors (Lipinski definition) is 0. The lowest BCUT2D eigenvalue weighted by Gasteiger charge is -2.11. The number of carbonyl (C=O) groups is 1. The van der Waals surface area contributed by atoms with Crippen LogP contribution in [0.15, 0.2) is 6.20 Å². The minimum Gasteiger partial charge on any atom is -0.347 e. The molecule has 0 aliphatic heterocycles. The van der Waals surface area contributed by atoms with Crippen LogP contribution < -0.4 is 0 Å². The maximum atomic E-state index is 11.4. The minimum atomic E-state index is 0.0909. The summed E-state index contributed by atoms with van der Waals surface area (Å²) in [5, 5.41) is 0. The zero-order valence-corrected chi connectivity index (χ0v) is 9.24. The summed E-state index contributed by atoms with van der Waals surface area (Å²) in [7, 11) is 3.52. The molecule has 0 spiro atoms. The van der Waals surface area contributed by atoms with Crippen molar-refractivity contribution < 1.29 is 4.79 Å². The Kier molecular flexibility index (Phi) is 3.28. The van der Waals surface area contributed by atoms with Gasteiger partial charge in [0.05, 0.1) is 5.69 Å². The summed E-state index contributed by atoms with van der Waals surface area (Å²) in [6, 6.07) is 0. The third-order valence-electron chi connectivity index (χ3n) is 2.19. The molecular weight excluding hydrogens is 178 g/mol. The second kappa shape index (κ2) is 4.26. The molecule has 0 aliphatic carbocycles. The van der Waals surface area contributed by atoms with Crippen LogP contribution in [0.2, 0.25) is 0 Å². The summed E-state index contributed by atoms with van der Waals surface area (Å²) < 4.78 is 1.89. The number of carbonyl (C=O) groups excluding carboxylic acids is 1. The first-order chi connectivity index (χ1) is 6.54. The van der Waals surface area contributed by atoms with Crippen molar-refractivity contribution in [3.63, 3.8) is 0 Å². The average Bonchev–Trinajstić information content (AvgIpc) is 2.47. The predicted molar refractivity (Wildman–Crippen MR) is 55.0 cm³/mol. The van der Waals surface area contributed by atoms with Crippen LogP contribution in [0.1, 0.15) is 18.4 Å². The van der Waals surface area contributed by atoms with E-state index in [2.05, 4.69) is 11.9 Å². The second-order valence-corrected chi connectivity index (χ2v) is 3.55. The standard InChI is InChI=1S/C10H17N3O/c1-5-9-6-13(8(2)11-9)7-10(14)12(3)4/h6H,5,7H2,1-4H3. The highest BCUT2D eigenvalue weighted by Gasteiger charge is 2.08. The van der Waals surface area contributed by atoms with Crippen LogP contribution in [-0.2, 0) is 17.8 Å². The molecule has 0 bridgehead atoms. The van der Waals surface area contributed by atoms with E-state index in [1.165, 1.54) is 0 Å². The highest BCUT2D eigenvalue weighted by Crippen LogP contribution is 2.03. The van der Waals surface area contributed by atoms with Gasteiger partial charge >= 0.3 is 0 Å². The van der Waals surface area contributed by atoms with Gasteiger partial charge in [0, 0.05) is 20.3 Å². The van der Waals surface area contributed by atoms with E-state index in [-0.39, 0.29) is 5.91 Å². The lowest BCUT2D eigenvalue weighted by Crippen LogP contribution is -2.26. The maximum Gasteiger partial charge on any atom is 0.242 e. The molecule has 0 radical (unpaired) electrons. The van der Waals surface area contributed by atoms with Gasteiger partial charge < -0.3 is 9.47 Å². The number of imidazole rings is 1. The van der Waals surface area contributed by atoms with E-state index in [1.807, 2.05) is 17.7 Å². The summed E-state index contributed by atoms with van der Waals surface area (Å²) in [4.78, 5) is 17.4. The monoisotopic (exact) mass is 195 g/mol. The first-order valence-corrected chi connectivity index (χ1v) is 4.77. The molecule has 0 unspecified atom stereocenters. The van der Waals surface area contributed by atoms with E-state index in [0.717, 1.165) is 17.9 Å². The van der Waals surface area contributed by atoms with Crippen LogP contribution in [0, 0.1) is 6.92 Å². The van der Waals surface area contributed by atoms with Gasteiger partial charge in [-0.05, 0) is 13.3 Å². The van der Waals surface area contributed by atoms with Crippen LogP contribution in [0.5, 0.6) is 0 Å². The van der Waals surface area contributed by atoms with Crippen molar-refractivity contribution in [2.24, 2.45) is 0 Å². The zero-order chi connectivity index (χ0) is 10.7. The molecule has 1 rings (SSSR count). The highest BCUT2D eigenvalue weighted by atomic mass is 16.2. The van der Waals surface area contributed by atoms with Gasteiger partial charge in [-0.15, -0.1) is 0 Å². The van der Waals surface area contributed by atoms with Crippen molar-refractivity contribution in [2.75, 3.05) is 14.1 Å². The molecule has 1 amide bonds. The number of amides is 1. The number of aryl methyl sites for hydroxylation is 2. The Hall–Kier alpha value is -1.32. The maximum absolute atomic E-state index is 11.4. The van der Waals surface area contributed by atoms with Crippen molar-refractivity contribution in [3.8, 4) is 0 Å². The number of likely N-dealkylation sites (N-methyl/N-ethyl adjacent to an activating group) is 1. The average molecular weight is 195 g/mol. The molecule has 1 aromatic heterocycles. The highest BCUT2D eigenvalue weighted by molar-refractivity contribution is 5.75. The molecule has 14 heavy (non-hydrogen) atoms. The summed E-state index contributed by atoms with van der Waals surface area (Å²) in [6.07, 6.45) is 2.85.